The predicted octanol–water partition coefficient (Wildman–Crippen LogP) is 2.52. The van der Waals surface area contributed by atoms with E-state index in [1.807, 2.05) is 11.8 Å². The van der Waals surface area contributed by atoms with Crippen molar-refractivity contribution in [2.45, 2.75) is 39.2 Å². The van der Waals surface area contributed by atoms with Gasteiger partial charge in [-0.15, -0.1) is 0 Å². The standard InChI is InChI=1S/C10H21NS/c1-3-9-8-10(9)11-6-5-7-12-4-2/h9-11H,3-8H2,1-2H3. The van der Waals surface area contributed by atoms with Crippen molar-refractivity contribution in [1.82, 2.24) is 5.32 Å². The Morgan fingerprint density at radius 2 is 2.25 bits per heavy atom. The quantitative estimate of drug-likeness (QED) is 0.615. The van der Waals surface area contributed by atoms with Crippen LogP contribution in [0, 0.1) is 5.92 Å². The second-order valence-electron chi connectivity index (χ2n) is 3.52. The summed E-state index contributed by atoms with van der Waals surface area (Å²) in [6.45, 7) is 5.75. The molecule has 1 aliphatic carbocycles. The van der Waals surface area contributed by atoms with Crippen LogP contribution in [-0.4, -0.2) is 24.1 Å². The van der Waals surface area contributed by atoms with Crippen LogP contribution in [0.2, 0.25) is 0 Å². The normalized spacial score (nSPS) is 27.5. The van der Waals surface area contributed by atoms with Crippen LogP contribution >= 0.6 is 11.8 Å². The second-order valence-corrected chi connectivity index (χ2v) is 4.91. The van der Waals surface area contributed by atoms with Gasteiger partial charge in [0.05, 0.1) is 0 Å². The highest BCUT2D eigenvalue weighted by atomic mass is 32.2. The molecule has 1 aliphatic rings. The first-order valence-electron chi connectivity index (χ1n) is 5.19. The molecule has 1 fully saturated rings. The van der Waals surface area contributed by atoms with E-state index in [0.717, 1.165) is 12.0 Å². The largest absolute Gasteiger partial charge is 0.314 e. The van der Waals surface area contributed by atoms with Crippen molar-refractivity contribution < 1.29 is 0 Å². The minimum Gasteiger partial charge on any atom is -0.314 e. The Balaban J connectivity index is 1.78. The van der Waals surface area contributed by atoms with Gasteiger partial charge < -0.3 is 5.32 Å². The summed E-state index contributed by atoms with van der Waals surface area (Å²) in [4.78, 5) is 0. The molecule has 0 radical (unpaired) electrons. The summed E-state index contributed by atoms with van der Waals surface area (Å²) in [7, 11) is 0. The molecule has 0 spiro atoms. The van der Waals surface area contributed by atoms with Crippen LogP contribution in [0.1, 0.15) is 33.1 Å². The Hall–Kier alpha value is 0.310. The van der Waals surface area contributed by atoms with Crippen molar-refractivity contribution in [3.8, 4) is 0 Å². The lowest BCUT2D eigenvalue weighted by Gasteiger charge is -2.02. The Labute approximate surface area is 80.7 Å². The number of rotatable bonds is 7. The monoisotopic (exact) mass is 187 g/mol. The lowest BCUT2D eigenvalue weighted by atomic mass is 10.3. The Morgan fingerprint density at radius 3 is 2.83 bits per heavy atom. The number of thioether (sulfide) groups is 1. The van der Waals surface area contributed by atoms with Gasteiger partial charge in [0.1, 0.15) is 0 Å². The molecule has 0 aromatic rings. The molecule has 1 N–H and O–H groups in total. The van der Waals surface area contributed by atoms with E-state index in [1.54, 1.807) is 0 Å². The zero-order chi connectivity index (χ0) is 8.81. The van der Waals surface area contributed by atoms with Crippen LogP contribution in [0.15, 0.2) is 0 Å². The molecule has 0 aliphatic heterocycles. The van der Waals surface area contributed by atoms with Gasteiger partial charge in [-0.05, 0) is 36.8 Å². The van der Waals surface area contributed by atoms with Crippen LogP contribution in [0.3, 0.4) is 0 Å². The van der Waals surface area contributed by atoms with Gasteiger partial charge in [-0.25, -0.2) is 0 Å². The topological polar surface area (TPSA) is 12.0 Å². The van der Waals surface area contributed by atoms with Gasteiger partial charge in [-0.2, -0.15) is 11.8 Å². The zero-order valence-corrected chi connectivity index (χ0v) is 9.12. The SMILES string of the molecule is CCSCCCNC1CC1CC. The third-order valence-corrected chi connectivity index (χ3v) is 3.51. The Kier molecular flexibility index (Phi) is 5.08. The van der Waals surface area contributed by atoms with E-state index in [1.165, 1.54) is 37.3 Å². The van der Waals surface area contributed by atoms with Crippen LogP contribution in [0.4, 0.5) is 0 Å². The zero-order valence-electron chi connectivity index (χ0n) is 8.31. The molecule has 2 atom stereocenters. The highest BCUT2D eigenvalue weighted by molar-refractivity contribution is 7.99. The van der Waals surface area contributed by atoms with Gasteiger partial charge in [-0.1, -0.05) is 20.3 Å². The van der Waals surface area contributed by atoms with Crippen molar-refractivity contribution in [3.63, 3.8) is 0 Å². The average Bonchev–Trinajstić information content (AvgIpc) is 2.83. The Bertz CT molecular complexity index is 116. The van der Waals surface area contributed by atoms with E-state index in [4.69, 9.17) is 0 Å². The molecule has 0 aromatic carbocycles. The third kappa shape index (κ3) is 3.81. The van der Waals surface area contributed by atoms with E-state index < -0.39 is 0 Å². The van der Waals surface area contributed by atoms with E-state index in [9.17, 15) is 0 Å². The van der Waals surface area contributed by atoms with Gasteiger partial charge in [0.15, 0.2) is 0 Å². The average molecular weight is 187 g/mol. The summed E-state index contributed by atoms with van der Waals surface area (Å²) in [6, 6.07) is 0.877. The van der Waals surface area contributed by atoms with Gasteiger partial charge in [0, 0.05) is 6.04 Å². The van der Waals surface area contributed by atoms with Gasteiger partial charge >= 0.3 is 0 Å². The van der Waals surface area contributed by atoms with Crippen molar-refractivity contribution in [2.24, 2.45) is 5.92 Å². The molecule has 0 amide bonds. The number of hydrogen-bond acceptors (Lipinski definition) is 2. The fourth-order valence-electron chi connectivity index (χ4n) is 1.55. The molecule has 2 heteroatoms. The highest BCUT2D eigenvalue weighted by Gasteiger charge is 2.34. The fraction of sp³-hybridized carbons (Fsp3) is 1.00. The predicted molar refractivity (Wildman–Crippen MR) is 57.8 cm³/mol. The van der Waals surface area contributed by atoms with Crippen molar-refractivity contribution in [2.75, 3.05) is 18.1 Å². The van der Waals surface area contributed by atoms with Crippen LogP contribution < -0.4 is 5.32 Å². The first-order chi connectivity index (χ1) is 5.88. The molecule has 1 nitrogen and oxygen atoms in total. The minimum atomic E-state index is 0.877. The Morgan fingerprint density at radius 1 is 1.42 bits per heavy atom. The van der Waals surface area contributed by atoms with E-state index >= 15 is 0 Å². The first-order valence-corrected chi connectivity index (χ1v) is 6.35. The molecule has 0 saturated heterocycles. The molecule has 12 heavy (non-hydrogen) atoms. The van der Waals surface area contributed by atoms with Gasteiger partial charge in [-0.3, -0.25) is 0 Å². The maximum Gasteiger partial charge on any atom is 0.00990 e. The molecule has 1 rings (SSSR count). The molecule has 72 valence electrons. The van der Waals surface area contributed by atoms with Crippen molar-refractivity contribution in [1.29, 1.82) is 0 Å². The fourth-order valence-corrected chi connectivity index (χ4v) is 2.19. The van der Waals surface area contributed by atoms with Crippen molar-refractivity contribution in [3.05, 3.63) is 0 Å². The lowest BCUT2D eigenvalue weighted by Crippen LogP contribution is -2.19. The molecule has 0 bridgehead atoms. The summed E-state index contributed by atoms with van der Waals surface area (Å²) in [5, 5.41) is 3.60. The summed E-state index contributed by atoms with van der Waals surface area (Å²) < 4.78 is 0. The van der Waals surface area contributed by atoms with Crippen LogP contribution in [0.5, 0.6) is 0 Å². The summed E-state index contributed by atoms with van der Waals surface area (Å²) in [5.41, 5.74) is 0. The maximum absolute atomic E-state index is 3.60. The summed E-state index contributed by atoms with van der Waals surface area (Å²) in [5.74, 6) is 3.59. The lowest BCUT2D eigenvalue weighted by molar-refractivity contribution is 0.618. The molecule has 0 aromatic heterocycles. The number of hydrogen-bond donors (Lipinski definition) is 1. The number of nitrogens with one attached hydrogen (secondary N) is 1. The smallest absolute Gasteiger partial charge is 0.00990 e. The van der Waals surface area contributed by atoms with E-state index in [-0.39, 0.29) is 0 Å². The molecule has 0 heterocycles. The van der Waals surface area contributed by atoms with E-state index in [0.29, 0.717) is 0 Å². The van der Waals surface area contributed by atoms with Crippen molar-refractivity contribution >= 4 is 11.8 Å². The second kappa shape index (κ2) is 5.87. The first kappa shape index (κ1) is 10.4. The molecule has 2 unspecified atom stereocenters. The molecule has 1 saturated carbocycles. The van der Waals surface area contributed by atoms with Crippen LogP contribution in [0.25, 0.3) is 0 Å². The van der Waals surface area contributed by atoms with Gasteiger partial charge in [0.25, 0.3) is 0 Å². The van der Waals surface area contributed by atoms with Crippen LogP contribution in [-0.2, 0) is 0 Å². The summed E-state index contributed by atoms with van der Waals surface area (Å²) >= 11 is 2.05. The summed E-state index contributed by atoms with van der Waals surface area (Å²) in [6.07, 6.45) is 4.13. The maximum atomic E-state index is 3.60. The third-order valence-electron chi connectivity index (χ3n) is 2.52. The minimum absolute atomic E-state index is 0.877. The highest BCUT2D eigenvalue weighted by Crippen LogP contribution is 2.32. The van der Waals surface area contributed by atoms with Gasteiger partial charge in [0.2, 0.25) is 0 Å². The molecular weight excluding hydrogens is 166 g/mol. The molecular formula is C10H21NS. The van der Waals surface area contributed by atoms with E-state index in [2.05, 4.69) is 19.2 Å².